The van der Waals surface area contributed by atoms with Crippen LogP contribution in [0.15, 0.2) is 36.7 Å². The Morgan fingerprint density at radius 3 is 2.84 bits per heavy atom. The van der Waals surface area contributed by atoms with Crippen LogP contribution in [-0.2, 0) is 17.8 Å². The summed E-state index contributed by atoms with van der Waals surface area (Å²) in [5, 5.41) is 3.05. The number of fused-ring (bicyclic) bond motifs is 1. The second-order valence-electron chi connectivity index (χ2n) is 6.93. The molecule has 0 spiro atoms. The summed E-state index contributed by atoms with van der Waals surface area (Å²) in [6, 6.07) is 8.14. The van der Waals surface area contributed by atoms with Crippen molar-refractivity contribution in [3.05, 3.63) is 53.5 Å². The number of nitrogens with one attached hydrogen (secondary N) is 1. The molecular formula is C20H24N4O. The molecular weight excluding hydrogens is 312 g/mol. The number of piperidine rings is 1. The maximum atomic E-state index is 12.5. The van der Waals surface area contributed by atoms with E-state index in [1.165, 1.54) is 24.8 Å². The maximum absolute atomic E-state index is 12.5. The highest BCUT2D eigenvalue weighted by atomic mass is 16.1. The quantitative estimate of drug-likeness (QED) is 0.933. The molecule has 0 saturated carbocycles. The minimum Gasteiger partial charge on any atom is -0.357 e. The van der Waals surface area contributed by atoms with Gasteiger partial charge in [0.2, 0.25) is 5.91 Å². The Morgan fingerprint density at radius 2 is 2.04 bits per heavy atom. The lowest BCUT2D eigenvalue weighted by molar-refractivity contribution is -0.122. The van der Waals surface area contributed by atoms with Crippen molar-refractivity contribution in [2.75, 3.05) is 18.0 Å². The molecule has 1 fully saturated rings. The minimum atomic E-state index is -0.114. The van der Waals surface area contributed by atoms with Crippen molar-refractivity contribution >= 4 is 11.7 Å². The van der Waals surface area contributed by atoms with E-state index < -0.39 is 0 Å². The van der Waals surface area contributed by atoms with Gasteiger partial charge in [0.1, 0.15) is 5.82 Å². The molecule has 1 amide bonds. The molecule has 0 radical (unpaired) electrons. The Bertz CT molecular complexity index is 738. The molecule has 5 nitrogen and oxygen atoms in total. The van der Waals surface area contributed by atoms with E-state index in [1.807, 2.05) is 12.3 Å². The van der Waals surface area contributed by atoms with Crippen molar-refractivity contribution in [3.8, 4) is 0 Å². The predicted octanol–water partition coefficient (Wildman–Crippen LogP) is 2.81. The number of hydrogen-bond donors (Lipinski definition) is 1. The van der Waals surface area contributed by atoms with Gasteiger partial charge in [-0.1, -0.05) is 12.1 Å². The first-order chi connectivity index (χ1) is 12.3. The van der Waals surface area contributed by atoms with Crippen LogP contribution in [0.4, 0.5) is 5.82 Å². The standard InChI is InChI=1S/C20H24N4O/c25-20(17-8-7-16-5-4-10-21-19(16)17)23-14-15-6-9-18(22-13-15)24-11-2-1-3-12-24/h4-6,9-10,13,17H,1-3,7-8,11-12,14H2,(H,23,25)/t17-/m1/s1. The summed E-state index contributed by atoms with van der Waals surface area (Å²) >= 11 is 0. The molecule has 0 bridgehead atoms. The number of amides is 1. The van der Waals surface area contributed by atoms with Gasteiger partial charge in [0.05, 0.1) is 11.6 Å². The van der Waals surface area contributed by atoms with Gasteiger partial charge < -0.3 is 10.2 Å². The van der Waals surface area contributed by atoms with Crippen LogP contribution in [-0.4, -0.2) is 29.0 Å². The number of carbonyl (C=O) groups excluding carboxylic acids is 1. The van der Waals surface area contributed by atoms with E-state index in [0.717, 1.165) is 43.0 Å². The summed E-state index contributed by atoms with van der Waals surface area (Å²) < 4.78 is 0. The zero-order valence-electron chi connectivity index (χ0n) is 14.4. The van der Waals surface area contributed by atoms with Crippen LogP contribution in [0.5, 0.6) is 0 Å². The van der Waals surface area contributed by atoms with Gasteiger partial charge in [0.25, 0.3) is 0 Å². The van der Waals surface area contributed by atoms with Gasteiger partial charge in [0, 0.05) is 32.0 Å². The van der Waals surface area contributed by atoms with Crippen molar-refractivity contribution in [1.82, 2.24) is 15.3 Å². The molecule has 2 aliphatic rings. The lowest BCUT2D eigenvalue weighted by Gasteiger charge is -2.27. The summed E-state index contributed by atoms with van der Waals surface area (Å²) in [4.78, 5) is 23.8. The van der Waals surface area contributed by atoms with Crippen LogP contribution >= 0.6 is 0 Å². The fraction of sp³-hybridized carbons (Fsp3) is 0.450. The first-order valence-electron chi connectivity index (χ1n) is 9.22. The Balaban J connectivity index is 1.34. The smallest absolute Gasteiger partial charge is 0.229 e. The lowest BCUT2D eigenvalue weighted by atomic mass is 10.1. The van der Waals surface area contributed by atoms with Crippen molar-refractivity contribution in [1.29, 1.82) is 0 Å². The Kier molecular flexibility index (Phi) is 4.63. The number of aryl methyl sites for hydroxylation is 1. The first-order valence-corrected chi connectivity index (χ1v) is 9.22. The molecule has 2 aromatic rings. The summed E-state index contributed by atoms with van der Waals surface area (Å²) in [7, 11) is 0. The molecule has 3 heterocycles. The van der Waals surface area contributed by atoms with Gasteiger partial charge in [0.15, 0.2) is 0 Å². The van der Waals surface area contributed by atoms with E-state index in [0.29, 0.717) is 6.54 Å². The third-order valence-electron chi connectivity index (χ3n) is 5.23. The molecule has 1 saturated heterocycles. The summed E-state index contributed by atoms with van der Waals surface area (Å²) in [6.45, 7) is 2.71. The highest BCUT2D eigenvalue weighted by Crippen LogP contribution is 2.31. The van der Waals surface area contributed by atoms with Gasteiger partial charge in [-0.05, 0) is 55.4 Å². The molecule has 1 aliphatic carbocycles. The molecule has 1 N–H and O–H groups in total. The molecule has 4 rings (SSSR count). The number of anilines is 1. The fourth-order valence-corrected chi connectivity index (χ4v) is 3.81. The van der Waals surface area contributed by atoms with Crippen LogP contribution < -0.4 is 10.2 Å². The number of pyridine rings is 2. The topological polar surface area (TPSA) is 58.1 Å². The van der Waals surface area contributed by atoms with Crippen LogP contribution in [0.2, 0.25) is 0 Å². The zero-order chi connectivity index (χ0) is 17.1. The van der Waals surface area contributed by atoms with Crippen molar-refractivity contribution in [2.24, 2.45) is 0 Å². The molecule has 1 aliphatic heterocycles. The molecule has 1 atom stereocenters. The maximum Gasteiger partial charge on any atom is 0.229 e. The number of aromatic nitrogens is 2. The molecule has 0 unspecified atom stereocenters. The molecule has 2 aromatic heterocycles. The number of hydrogen-bond acceptors (Lipinski definition) is 4. The second-order valence-corrected chi connectivity index (χ2v) is 6.93. The van der Waals surface area contributed by atoms with Crippen LogP contribution in [0.25, 0.3) is 0 Å². The van der Waals surface area contributed by atoms with Crippen LogP contribution in [0.3, 0.4) is 0 Å². The fourth-order valence-electron chi connectivity index (χ4n) is 3.81. The van der Waals surface area contributed by atoms with Crippen molar-refractivity contribution < 1.29 is 4.79 Å². The predicted molar refractivity (Wildman–Crippen MR) is 97.4 cm³/mol. The van der Waals surface area contributed by atoms with E-state index in [4.69, 9.17) is 0 Å². The minimum absolute atomic E-state index is 0.0672. The van der Waals surface area contributed by atoms with E-state index in [9.17, 15) is 4.79 Å². The largest absolute Gasteiger partial charge is 0.357 e. The van der Waals surface area contributed by atoms with Gasteiger partial charge in [-0.15, -0.1) is 0 Å². The Hall–Kier alpha value is -2.43. The number of rotatable bonds is 4. The Labute approximate surface area is 148 Å². The molecule has 5 heteroatoms. The van der Waals surface area contributed by atoms with Gasteiger partial charge >= 0.3 is 0 Å². The highest BCUT2D eigenvalue weighted by Gasteiger charge is 2.29. The van der Waals surface area contributed by atoms with Gasteiger partial charge in [-0.3, -0.25) is 9.78 Å². The molecule has 25 heavy (non-hydrogen) atoms. The van der Waals surface area contributed by atoms with Crippen molar-refractivity contribution in [3.63, 3.8) is 0 Å². The molecule has 130 valence electrons. The third kappa shape index (κ3) is 3.50. The van der Waals surface area contributed by atoms with Crippen LogP contribution in [0, 0.1) is 0 Å². The first kappa shape index (κ1) is 16.1. The third-order valence-corrected chi connectivity index (χ3v) is 5.23. The van der Waals surface area contributed by atoms with E-state index in [2.05, 4.69) is 38.4 Å². The monoisotopic (exact) mass is 336 g/mol. The average molecular weight is 336 g/mol. The lowest BCUT2D eigenvalue weighted by Crippen LogP contribution is -2.30. The summed E-state index contributed by atoms with van der Waals surface area (Å²) in [5.41, 5.74) is 3.18. The van der Waals surface area contributed by atoms with Crippen molar-refractivity contribution in [2.45, 2.75) is 44.6 Å². The normalized spacial score (nSPS) is 19.5. The second kappa shape index (κ2) is 7.21. The Morgan fingerprint density at radius 1 is 1.16 bits per heavy atom. The van der Waals surface area contributed by atoms with Crippen LogP contribution in [0.1, 0.15) is 48.4 Å². The number of carbonyl (C=O) groups is 1. The SMILES string of the molecule is O=C(NCc1ccc(N2CCCCC2)nc1)[C@@H]1CCc2cccnc21. The van der Waals surface area contributed by atoms with E-state index >= 15 is 0 Å². The van der Waals surface area contributed by atoms with E-state index in [-0.39, 0.29) is 11.8 Å². The summed E-state index contributed by atoms with van der Waals surface area (Å²) in [5.74, 6) is 0.998. The van der Waals surface area contributed by atoms with E-state index in [1.54, 1.807) is 6.20 Å². The van der Waals surface area contributed by atoms with Gasteiger partial charge in [-0.2, -0.15) is 0 Å². The molecule has 0 aromatic carbocycles. The highest BCUT2D eigenvalue weighted by molar-refractivity contribution is 5.84. The number of nitrogens with zero attached hydrogens (tertiary/aromatic N) is 3. The summed E-state index contributed by atoms with van der Waals surface area (Å²) in [6.07, 6.45) is 9.25. The average Bonchev–Trinajstić information content (AvgIpc) is 3.11. The van der Waals surface area contributed by atoms with Gasteiger partial charge in [-0.25, -0.2) is 4.98 Å². The zero-order valence-corrected chi connectivity index (χ0v) is 14.4.